The summed E-state index contributed by atoms with van der Waals surface area (Å²) < 4.78 is 1.46. The summed E-state index contributed by atoms with van der Waals surface area (Å²) in [5.74, 6) is 2.58. The van der Waals surface area contributed by atoms with Crippen LogP contribution in [-0.4, -0.2) is 6.54 Å². The van der Waals surface area contributed by atoms with E-state index in [1.807, 2.05) is 13.0 Å². The number of halogens is 2. The van der Waals surface area contributed by atoms with E-state index in [-0.39, 0.29) is 6.04 Å². The van der Waals surface area contributed by atoms with Crippen LogP contribution in [0, 0.1) is 12.3 Å². The fraction of sp³-hybridized carbons (Fsp3) is 0.400. The lowest BCUT2D eigenvalue weighted by Crippen LogP contribution is -2.19. The Hall–Kier alpha value is -0.200. The predicted octanol–water partition coefficient (Wildman–Crippen LogP) is 3.73. The molecule has 0 saturated carbocycles. The lowest BCUT2D eigenvalue weighted by Gasteiger charge is -2.11. The number of terminal acetylenes is 1. The molecule has 0 radical (unpaired) electrons. The maximum absolute atomic E-state index is 6.01. The fourth-order valence-electron chi connectivity index (χ4n) is 1.12. The predicted molar refractivity (Wildman–Crippen MR) is 64.2 cm³/mol. The van der Waals surface area contributed by atoms with Crippen LogP contribution in [0.15, 0.2) is 6.07 Å². The van der Waals surface area contributed by atoms with Gasteiger partial charge in [-0.3, -0.25) is 0 Å². The molecule has 0 spiro atoms. The quantitative estimate of drug-likeness (QED) is 0.632. The minimum Gasteiger partial charge on any atom is -0.309 e. The Kier molecular flexibility index (Phi) is 4.77. The van der Waals surface area contributed by atoms with Gasteiger partial charge in [0.1, 0.15) is 0 Å². The number of hydrogen-bond acceptors (Lipinski definition) is 2. The molecule has 4 heteroatoms. The Morgan fingerprint density at radius 1 is 1.64 bits per heavy atom. The van der Waals surface area contributed by atoms with Gasteiger partial charge in [0.05, 0.1) is 8.67 Å². The summed E-state index contributed by atoms with van der Waals surface area (Å²) >= 11 is 13.2. The second-order valence-electron chi connectivity index (χ2n) is 2.91. The zero-order valence-corrected chi connectivity index (χ0v) is 10.1. The summed E-state index contributed by atoms with van der Waals surface area (Å²) in [7, 11) is 0. The second-order valence-corrected chi connectivity index (χ2v) is 5.20. The van der Waals surface area contributed by atoms with E-state index in [2.05, 4.69) is 11.2 Å². The molecule has 0 amide bonds. The highest BCUT2D eigenvalue weighted by atomic mass is 35.5. The van der Waals surface area contributed by atoms with E-state index < -0.39 is 0 Å². The molecule has 0 saturated heterocycles. The zero-order chi connectivity index (χ0) is 10.6. The Balaban J connectivity index is 2.56. The number of hydrogen-bond donors (Lipinski definition) is 1. The van der Waals surface area contributed by atoms with Gasteiger partial charge in [-0.05, 0) is 18.6 Å². The number of rotatable bonds is 4. The lowest BCUT2D eigenvalue weighted by atomic mass is 10.2. The van der Waals surface area contributed by atoms with Crippen LogP contribution >= 0.6 is 34.5 Å². The van der Waals surface area contributed by atoms with Crippen molar-refractivity contribution in [3.05, 3.63) is 20.3 Å². The molecule has 1 N–H and O–H groups in total. The molecule has 76 valence electrons. The molecule has 0 aromatic carbocycles. The van der Waals surface area contributed by atoms with E-state index in [0.717, 1.165) is 27.2 Å². The summed E-state index contributed by atoms with van der Waals surface area (Å²) in [6, 6.07) is 2.09. The third-order valence-electron chi connectivity index (χ3n) is 1.87. The molecule has 1 unspecified atom stereocenters. The monoisotopic (exact) mass is 247 g/mol. The molecule has 1 heterocycles. The topological polar surface area (TPSA) is 12.0 Å². The van der Waals surface area contributed by atoms with Gasteiger partial charge in [-0.1, -0.05) is 23.2 Å². The summed E-state index contributed by atoms with van der Waals surface area (Å²) in [5, 5.41) is 3.28. The molecule has 0 fully saturated rings. The van der Waals surface area contributed by atoms with Crippen molar-refractivity contribution in [2.24, 2.45) is 0 Å². The van der Waals surface area contributed by atoms with Gasteiger partial charge in [0, 0.05) is 19.0 Å². The summed E-state index contributed by atoms with van der Waals surface area (Å²) in [4.78, 5) is 0. The molecule has 1 nitrogen and oxygen atoms in total. The first kappa shape index (κ1) is 11.9. The van der Waals surface area contributed by atoms with Crippen molar-refractivity contribution in [3.63, 3.8) is 0 Å². The van der Waals surface area contributed by atoms with E-state index in [1.54, 1.807) is 0 Å². The molecule has 0 bridgehead atoms. The van der Waals surface area contributed by atoms with Crippen LogP contribution in [0.5, 0.6) is 0 Å². The van der Waals surface area contributed by atoms with Gasteiger partial charge in [-0.25, -0.2) is 0 Å². The van der Waals surface area contributed by atoms with E-state index in [1.165, 1.54) is 11.3 Å². The van der Waals surface area contributed by atoms with Crippen LogP contribution in [0.2, 0.25) is 8.67 Å². The first-order valence-electron chi connectivity index (χ1n) is 4.26. The van der Waals surface area contributed by atoms with Gasteiger partial charge in [0.15, 0.2) is 0 Å². The fourth-order valence-corrected chi connectivity index (χ4v) is 2.76. The van der Waals surface area contributed by atoms with Crippen LogP contribution in [0.4, 0.5) is 0 Å². The van der Waals surface area contributed by atoms with E-state index >= 15 is 0 Å². The van der Waals surface area contributed by atoms with Crippen molar-refractivity contribution in [3.8, 4) is 12.3 Å². The van der Waals surface area contributed by atoms with Crippen LogP contribution in [0.1, 0.15) is 24.9 Å². The lowest BCUT2D eigenvalue weighted by molar-refractivity contribution is 0.586. The average molecular weight is 248 g/mol. The largest absolute Gasteiger partial charge is 0.309 e. The Bertz CT molecular complexity index is 340. The zero-order valence-electron chi connectivity index (χ0n) is 7.81. The Morgan fingerprint density at radius 3 is 2.86 bits per heavy atom. The van der Waals surface area contributed by atoms with Gasteiger partial charge in [0.25, 0.3) is 0 Å². The first-order valence-corrected chi connectivity index (χ1v) is 5.84. The number of nitrogens with one attached hydrogen (secondary N) is 1. The van der Waals surface area contributed by atoms with Crippen molar-refractivity contribution < 1.29 is 0 Å². The Morgan fingerprint density at radius 2 is 2.36 bits per heavy atom. The third kappa shape index (κ3) is 3.18. The van der Waals surface area contributed by atoms with Crippen molar-refractivity contribution in [2.45, 2.75) is 19.4 Å². The SMILES string of the molecule is C#CCCNC(C)c1cc(Cl)sc1Cl. The Labute approximate surface area is 98.4 Å². The van der Waals surface area contributed by atoms with Gasteiger partial charge >= 0.3 is 0 Å². The van der Waals surface area contributed by atoms with Crippen molar-refractivity contribution in [1.82, 2.24) is 5.32 Å². The maximum atomic E-state index is 6.01. The smallest absolute Gasteiger partial charge is 0.0991 e. The normalized spacial score (nSPS) is 12.4. The van der Waals surface area contributed by atoms with Crippen molar-refractivity contribution >= 4 is 34.5 Å². The molecule has 1 aromatic heterocycles. The average Bonchev–Trinajstić information content (AvgIpc) is 2.45. The molecule has 0 aliphatic heterocycles. The number of thiophene rings is 1. The van der Waals surface area contributed by atoms with Crippen LogP contribution in [-0.2, 0) is 0 Å². The highest BCUT2D eigenvalue weighted by molar-refractivity contribution is 7.20. The molecular weight excluding hydrogens is 237 g/mol. The third-order valence-corrected chi connectivity index (χ3v) is 3.39. The highest BCUT2D eigenvalue weighted by Crippen LogP contribution is 2.34. The molecule has 1 rings (SSSR count). The molecule has 0 aliphatic rings. The van der Waals surface area contributed by atoms with Gasteiger partial charge in [-0.15, -0.1) is 23.7 Å². The molecule has 0 aliphatic carbocycles. The standard InChI is InChI=1S/C10H11Cl2NS/c1-3-4-5-13-7(2)8-6-9(11)14-10(8)12/h1,6-7,13H,4-5H2,2H3. The summed E-state index contributed by atoms with van der Waals surface area (Å²) in [6.45, 7) is 2.84. The summed E-state index contributed by atoms with van der Waals surface area (Å²) in [6.07, 6.45) is 5.87. The van der Waals surface area contributed by atoms with Crippen LogP contribution in [0.3, 0.4) is 0 Å². The van der Waals surface area contributed by atoms with Crippen LogP contribution in [0.25, 0.3) is 0 Å². The second kappa shape index (κ2) is 5.63. The minimum absolute atomic E-state index is 0.194. The van der Waals surface area contributed by atoms with E-state index in [9.17, 15) is 0 Å². The molecule has 14 heavy (non-hydrogen) atoms. The molecule has 1 atom stereocenters. The summed E-state index contributed by atoms with van der Waals surface area (Å²) in [5.41, 5.74) is 1.04. The van der Waals surface area contributed by atoms with Gasteiger partial charge < -0.3 is 5.32 Å². The molecular formula is C10H11Cl2NS. The van der Waals surface area contributed by atoms with Crippen LogP contribution < -0.4 is 5.32 Å². The van der Waals surface area contributed by atoms with E-state index in [0.29, 0.717) is 0 Å². The maximum Gasteiger partial charge on any atom is 0.0991 e. The first-order chi connectivity index (χ1) is 6.65. The van der Waals surface area contributed by atoms with Crippen molar-refractivity contribution in [1.29, 1.82) is 0 Å². The minimum atomic E-state index is 0.194. The van der Waals surface area contributed by atoms with Gasteiger partial charge in [0.2, 0.25) is 0 Å². The van der Waals surface area contributed by atoms with E-state index in [4.69, 9.17) is 29.6 Å². The van der Waals surface area contributed by atoms with Gasteiger partial charge in [-0.2, -0.15) is 0 Å². The van der Waals surface area contributed by atoms with Crippen molar-refractivity contribution in [2.75, 3.05) is 6.54 Å². The highest BCUT2D eigenvalue weighted by Gasteiger charge is 2.12. The molecule has 1 aromatic rings.